The summed E-state index contributed by atoms with van der Waals surface area (Å²) in [7, 11) is 1.72. The molecule has 80 valence electrons. The van der Waals surface area contributed by atoms with E-state index in [0.717, 1.165) is 0 Å². The molecule has 0 atom stereocenters. The number of hydrogen-bond donors (Lipinski definition) is 0. The Kier molecular flexibility index (Phi) is 3.92. The third-order valence-electron chi connectivity index (χ3n) is 1.95. The summed E-state index contributed by atoms with van der Waals surface area (Å²) in [6.07, 6.45) is 2.04. The highest BCUT2D eigenvalue weighted by atomic mass is 79.9. The van der Waals surface area contributed by atoms with E-state index in [0.29, 0.717) is 28.8 Å². The molecule has 0 aromatic heterocycles. The quantitative estimate of drug-likeness (QED) is 0.720. The van der Waals surface area contributed by atoms with Crippen LogP contribution in [0, 0.1) is 11.3 Å². The van der Waals surface area contributed by atoms with Gasteiger partial charge in [-0.3, -0.25) is 0 Å². The minimum atomic E-state index is -0.335. The maximum absolute atomic E-state index is 11.4. The van der Waals surface area contributed by atoms with Crippen molar-refractivity contribution in [2.24, 2.45) is 0 Å². The van der Waals surface area contributed by atoms with Crippen molar-refractivity contribution in [2.75, 3.05) is 13.7 Å². The molecule has 0 radical (unpaired) electrons. The van der Waals surface area contributed by atoms with E-state index in [4.69, 9.17) is 10.00 Å². The molecule has 0 unspecified atom stereocenters. The predicted molar refractivity (Wildman–Crippen MR) is 58.7 cm³/mol. The smallest absolute Gasteiger partial charge is 0.335 e. The summed E-state index contributed by atoms with van der Waals surface area (Å²) < 4.78 is 5.59. The van der Waals surface area contributed by atoms with Crippen LogP contribution in [-0.2, 0) is 9.53 Å². The van der Waals surface area contributed by atoms with E-state index in [9.17, 15) is 4.79 Å². The molecule has 15 heavy (non-hydrogen) atoms. The Morgan fingerprint density at radius 2 is 2.47 bits per heavy atom. The molecule has 0 fully saturated rings. The lowest BCUT2D eigenvalue weighted by molar-refractivity contribution is -0.138. The number of hydrogen-bond acceptors (Lipinski definition) is 4. The molecule has 0 saturated heterocycles. The first-order chi connectivity index (χ1) is 7.10. The van der Waals surface area contributed by atoms with Crippen molar-refractivity contribution in [1.82, 2.24) is 4.90 Å². The number of carbonyl (C=O) groups is 1. The van der Waals surface area contributed by atoms with Crippen LogP contribution in [0.4, 0.5) is 0 Å². The standard InChI is InChI=1S/C10H11BrN2O2/c1-3-15-10(14)7-4-8(11)9(5-12)13(2)6-7/h6H,3-4H2,1-2H3. The maximum Gasteiger partial charge on any atom is 0.335 e. The number of carbonyl (C=O) groups excluding carboxylic acids is 1. The van der Waals surface area contributed by atoms with Crippen molar-refractivity contribution in [3.05, 3.63) is 22.0 Å². The maximum atomic E-state index is 11.4. The molecule has 0 spiro atoms. The monoisotopic (exact) mass is 270 g/mol. The van der Waals surface area contributed by atoms with Gasteiger partial charge in [0.1, 0.15) is 11.8 Å². The summed E-state index contributed by atoms with van der Waals surface area (Å²) in [5, 5.41) is 8.84. The first kappa shape index (κ1) is 11.8. The van der Waals surface area contributed by atoms with Crippen LogP contribution < -0.4 is 0 Å². The highest BCUT2D eigenvalue weighted by Gasteiger charge is 2.21. The first-order valence-corrected chi connectivity index (χ1v) is 5.28. The van der Waals surface area contributed by atoms with Gasteiger partial charge < -0.3 is 9.64 Å². The molecule has 4 nitrogen and oxygen atoms in total. The highest BCUT2D eigenvalue weighted by molar-refractivity contribution is 9.11. The third-order valence-corrected chi connectivity index (χ3v) is 2.60. The van der Waals surface area contributed by atoms with Gasteiger partial charge in [0.05, 0.1) is 12.2 Å². The molecular formula is C10H11BrN2O2. The number of ether oxygens (including phenoxy) is 1. The van der Waals surface area contributed by atoms with Crippen LogP contribution in [0.1, 0.15) is 13.3 Å². The predicted octanol–water partition coefficient (Wildman–Crippen LogP) is 1.90. The summed E-state index contributed by atoms with van der Waals surface area (Å²) >= 11 is 3.28. The van der Waals surface area contributed by atoms with Crippen molar-refractivity contribution in [3.63, 3.8) is 0 Å². The highest BCUT2D eigenvalue weighted by Crippen LogP contribution is 2.28. The summed E-state index contributed by atoms with van der Waals surface area (Å²) in [5.41, 5.74) is 1.06. The van der Waals surface area contributed by atoms with Gasteiger partial charge in [0, 0.05) is 24.2 Å². The van der Waals surface area contributed by atoms with Crippen molar-refractivity contribution in [2.45, 2.75) is 13.3 Å². The zero-order chi connectivity index (χ0) is 11.4. The van der Waals surface area contributed by atoms with Crippen LogP contribution in [-0.4, -0.2) is 24.5 Å². The Hall–Kier alpha value is -1.28. The Morgan fingerprint density at radius 1 is 1.80 bits per heavy atom. The van der Waals surface area contributed by atoms with Gasteiger partial charge in [-0.05, 0) is 6.92 Å². The summed E-state index contributed by atoms with van der Waals surface area (Å²) in [6, 6.07) is 2.06. The molecule has 0 aromatic carbocycles. The van der Waals surface area contributed by atoms with Crippen LogP contribution in [0.5, 0.6) is 0 Å². The van der Waals surface area contributed by atoms with Gasteiger partial charge in [-0.1, -0.05) is 15.9 Å². The third kappa shape index (κ3) is 2.60. The van der Waals surface area contributed by atoms with E-state index in [1.165, 1.54) is 0 Å². The number of esters is 1. The van der Waals surface area contributed by atoms with Gasteiger partial charge in [0.15, 0.2) is 0 Å². The second-order valence-electron chi connectivity index (χ2n) is 3.03. The molecule has 0 amide bonds. The molecule has 1 heterocycles. The molecule has 0 bridgehead atoms. The van der Waals surface area contributed by atoms with Crippen LogP contribution >= 0.6 is 15.9 Å². The van der Waals surface area contributed by atoms with Crippen LogP contribution in [0.15, 0.2) is 22.0 Å². The van der Waals surface area contributed by atoms with Gasteiger partial charge >= 0.3 is 5.97 Å². The SMILES string of the molecule is CCOC(=O)C1=CN(C)C(C#N)=C(Br)C1. The molecule has 0 saturated carbocycles. The van der Waals surface area contributed by atoms with E-state index in [-0.39, 0.29) is 5.97 Å². The molecule has 1 rings (SSSR count). The van der Waals surface area contributed by atoms with Crippen LogP contribution in [0.25, 0.3) is 0 Å². The second-order valence-corrected chi connectivity index (χ2v) is 3.99. The lowest BCUT2D eigenvalue weighted by Crippen LogP contribution is -2.20. The zero-order valence-electron chi connectivity index (χ0n) is 8.58. The summed E-state index contributed by atoms with van der Waals surface area (Å²) in [6.45, 7) is 2.11. The molecule has 0 aliphatic carbocycles. The van der Waals surface area contributed by atoms with E-state index in [2.05, 4.69) is 22.0 Å². The number of rotatable bonds is 2. The lowest BCUT2D eigenvalue weighted by atomic mass is 10.1. The number of allylic oxidation sites excluding steroid dienone is 2. The van der Waals surface area contributed by atoms with Crippen molar-refractivity contribution < 1.29 is 9.53 Å². The fourth-order valence-corrected chi connectivity index (χ4v) is 1.94. The second kappa shape index (κ2) is 4.99. The van der Waals surface area contributed by atoms with Crippen LogP contribution in [0.2, 0.25) is 0 Å². The molecular weight excluding hydrogens is 260 g/mol. The van der Waals surface area contributed by atoms with Gasteiger partial charge in [0.2, 0.25) is 0 Å². The van der Waals surface area contributed by atoms with Gasteiger partial charge in [-0.2, -0.15) is 5.26 Å². The Labute approximate surface area is 96.9 Å². The van der Waals surface area contributed by atoms with E-state index in [1.54, 1.807) is 25.1 Å². The topological polar surface area (TPSA) is 53.3 Å². The minimum Gasteiger partial charge on any atom is -0.463 e. The minimum absolute atomic E-state index is 0.335. The normalized spacial score (nSPS) is 15.9. The average molecular weight is 271 g/mol. The summed E-state index contributed by atoms with van der Waals surface area (Å²) in [5.74, 6) is -0.335. The Bertz CT molecular complexity index is 379. The Balaban J connectivity index is 2.85. The largest absolute Gasteiger partial charge is 0.463 e. The fourth-order valence-electron chi connectivity index (χ4n) is 1.27. The van der Waals surface area contributed by atoms with E-state index < -0.39 is 0 Å². The van der Waals surface area contributed by atoms with Crippen LogP contribution in [0.3, 0.4) is 0 Å². The van der Waals surface area contributed by atoms with Gasteiger partial charge in [-0.25, -0.2) is 4.79 Å². The van der Waals surface area contributed by atoms with Crippen molar-refractivity contribution in [1.29, 1.82) is 5.26 Å². The zero-order valence-corrected chi connectivity index (χ0v) is 10.2. The number of nitrogens with zero attached hydrogens (tertiary/aromatic N) is 2. The van der Waals surface area contributed by atoms with Crippen molar-refractivity contribution in [3.8, 4) is 6.07 Å². The molecule has 5 heteroatoms. The number of nitriles is 1. The summed E-state index contributed by atoms with van der Waals surface area (Å²) in [4.78, 5) is 13.1. The molecule has 0 aromatic rings. The van der Waals surface area contributed by atoms with Gasteiger partial charge in [-0.15, -0.1) is 0 Å². The Morgan fingerprint density at radius 3 is 2.93 bits per heavy atom. The van der Waals surface area contributed by atoms with E-state index >= 15 is 0 Å². The molecule has 0 N–H and O–H groups in total. The van der Waals surface area contributed by atoms with Crippen molar-refractivity contribution >= 4 is 21.9 Å². The van der Waals surface area contributed by atoms with Gasteiger partial charge in [0.25, 0.3) is 0 Å². The fraction of sp³-hybridized carbons (Fsp3) is 0.400. The lowest BCUT2D eigenvalue weighted by Gasteiger charge is -2.21. The molecule has 1 aliphatic heterocycles. The average Bonchev–Trinajstić information content (AvgIpc) is 2.17. The first-order valence-electron chi connectivity index (χ1n) is 4.49. The van der Waals surface area contributed by atoms with E-state index in [1.807, 2.05) is 0 Å². The molecule has 1 aliphatic rings. The number of halogens is 1.